The molecule has 1 atom stereocenters. The number of carbonyl (C=O) groups is 1. The van der Waals surface area contributed by atoms with Crippen molar-refractivity contribution < 1.29 is 9.90 Å². The van der Waals surface area contributed by atoms with Crippen LogP contribution in [0, 0.1) is 0 Å². The number of alkyl halides is 1. The summed E-state index contributed by atoms with van der Waals surface area (Å²) in [5.41, 5.74) is 1.34. The summed E-state index contributed by atoms with van der Waals surface area (Å²) in [7, 11) is 0. The third-order valence-corrected chi connectivity index (χ3v) is 6.44. The zero-order valence-corrected chi connectivity index (χ0v) is 20.0. The van der Waals surface area contributed by atoms with Gasteiger partial charge < -0.3 is 10.4 Å². The van der Waals surface area contributed by atoms with Gasteiger partial charge in [0.1, 0.15) is 0 Å². The Labute approximate surface area is 187 Å². The van der Waals surface area contributed by atoms with Gasteiger partial charge in [-0.05, 0) is 43.5 Å². The number of nitrogens with one attached hydrogen (secondary N) is 1. The first kappa shape index (κ1) is 26.0. The Morgan fingerprint density at radius 2 is 1.31 bits per heavy atom. The molecule has 1 aromatic carbocycles. The molecule has 2 N–H and O–H groups in total. The molecule has 4 heteroatoms. The Hall–Kier alpha value is -1.03. The molecule has 0 fully saturated rings. The van der Waals surface area contributed by atoms with Crippen molar-refractivity contribution in [1.29, 1.82) is 0 Å². The predicted molar refractivity (Wildman–Crippen MR) is 130 cm³/mol. The number of hydrogen-bond acceptors (Lipinski definition) is 2. The molecule has 3 nitrogen and oxygen atoms in total. The van der Waals surface area contributed by atoms with Gasteiger partial charge in [0.05, 0.1) is 5.56 Å². The third-order valence-electron chi connectivity index (χ3n) is 5.53. The molecule has 1 unspecified atom stereocenters. The summed E-state index contributed by atoms with van der Waals surface area (Å²) in [6.07, 6.45) is 20.2. The molecule has 0 saturated carbocycles. The smallest absolute Gasteiger partial charge is 0.335 e. The van der Waals surface area contributed by atoms with Crippen LogP contribution in [-0.4, -0.2) is 22.4 Å². The molecule has 0 spiro atoms. The number of rotatable bonds is 19. The number of benzene rings is 1. The van der Waals surface area contributed by atoms with Crippen molar-refractivity contribution in [3.05, 3.63) is 29.8 Å². The average molecular weight is 469 g/mol. The van der Waals surface area contributed by atoms with Crippen LogP contribution in [0.5, 0.6) is 0 Å². The highest BCUT2D eigenvalue weighted by Crippen LogP contribution is 2.19. The van der Waals surface area contributed by atoms with E-state index in [4.69, 9.17) is 5.11 Å². The van der Waals surface area contributed by atoms with Crippen molar-refractivity contribution in [2.45, 2.75) is 108 Å². The predicted octanol–water partition coefficient (Wildman–Crippen LogP) is 8.43. The van der Waals surface area contributed by atoms with Crippen molar-refractivity contribution in [3.8, 4) is 0 Å². The summed E-state index contributed by atoms with van der Waals surface area (Å²) in [6.45, 7) is 3.23. The topological polar surface area (TPSA) is 49.3 Å². The Bertz CT molecular complexity index is 518. The lowest BCUT2D eigenvalue weighted by Gasteiger charge is -2.09. The summed E-state index contributed by atoms with van der Waals surface area (Å²) in [5.74, 6) is -0.873. The monoisotopic (exact) mass is 467 g/mol. The average Bonchev–Trinajstić information content (AvgIpc) is 2.72. The van der Waals surface area contributed by atoms with Gasteiger partial charge in [0.25, 0.3) is 0 Å². The van der Waals surface area contributed by atoms with Gasteiger partial charge in [-0.3, -0.25) is 0 Å². The van der Waals surface area contributed by atoms with E-state index in [1.165, 1.54) is 96.3 Å². The standard InChI is InChI=1S/C25H42BrNO2/c1-2-3-4-12-15-23(26)16-13-10-8-6-5-7-9-11-14-21-27-24-19-17-22(18-20-24)25(28)29/h17-20,23,27H,2-16,21H2,1H3,(H,28,29). The molecular formula is C25H42BrNO2. The van der Waals surface area contributed by atoms with Crippen LogP contribution in [0.15, 0.2) is 24.3 Å². The molecule has 0 aromatic heterocycles. The second-order valence-corrected chi connectivity index (χ2v) is 9.52. The number of hydrogen-bond donors (Lipinski definition) is 2. The molecule has 1 rings (SSSR count). The maximum atomic E-state index is 10.8. The van der Waals surface area contributed by atoms with E-state index >= 15 is 0 Å². The minimum Gasteiger partial charge on any atom is -0.478 e. The zero-order chi connectivity index (χ0) is 21.2. The maximum Gasteiger partial charge on any atom is 0.335 e. The first-order valence-electron chi connectivity index (χ1n) is 11.8. The van der Waals surface area contributed by atoms with Gasteiger partial charge in [0, 0.05) is 17.1 Å². The van der Waals surface area contributed by atoms with Crippen LogP contribution >= 0.6 is 15.9 Å². The summed E-state index contributed by atoms with van der Waals surface area (Å²) in [4.78, 5) is 11.6. The van der Waals surface area contributed by atoms with Crippen LogP contribution in [0.4, 0.5) is 5.69 Å². The number of carboxylic acids is 1. The Morgan fingerprint density at radius 1 is 0.828 bits per heavy atom. The highest BCUT2D eigenvalue weighted by atomic mass is 79.9. The van der Waals surface area contributed by atoms with Crippen molar-refractivity contribution >= 4 is 27.6 Å². The van der Waals surface area contributed by atoms with Crippen LogP contribution in [-0.2, 0) is 0 Å². The number of unbranched alkanes of at least 4 members (excludes halogenated alkanes) is 11. The Morgan fingerprint density at radius 3 is 1.83 bits per heavy atom. The van der Waals surface area contributed by atoms with Crippen LogP contribution in [0.1, 0.15) is 114 Å². The molecule has 0 bridgehead atoms. The van der Waals surface area contributed by atoms with Crippen molar-refractivity contribution in [2.24, 2.45) is 0 Å². The molecule has 0 aliphatic heterocycles. The van der Waals surface area contributed by atoms with Crippen molar-refractivity contribution in [2.75, 3.05) is 11.9 Å². The molecule has 0 radical (unpaired) electrons. The Kier molecular flexibility index (Phi) is 16.0. The molecule has 166 valence electrons. The summed E-state index contributed by atoms with van der Waals surface area (Å²) in [6, 6.07) is 6.98. The molecule has 0 saturated heterocycles. The minimum absolute atomic E-state index is 0.338. The molecule has 0 aliphatic carbocycles. The molecule has 0 amide bonds. The van der Waals surface area contributed by atoms with Gasteiger partial charge in [-0.1, -0.05) is 99.9 Å². The quantitative estimate of drug-likeness (QED) is 0.158. The highest BCUT2D eigenvalue weighted by molar-refractivity contribution is 9.09. The van der Waals surface area contributed by atoms with E-state index in [0.717, 1.165) is 17.1 Å². The minimum atomic E-state index is -0.873. The fourth-order valence-corrected chi connectivity index (χ4v) is 4.28. The largest absolute Gasteiger partial charge is 0.478 e. The molecule has 1 aromatic rings. The zero-order valence-electron chi connectivity index (χ0n) is 18.4. The number of halogens is 1. The van der Waals surface area contributed by atoms with Gasteiger partial charge in [-0.15, -0.1) is 0 Å². The maximum absolute atomic E-state index is 10.8. The molecule has 0 heterocycles. The van der Waals surface area contributed by atoms with Crippen LogP contribution < -0.4 is 5.32 Å². The van der Waals surface area contributed by atoms with E-state index in [-0.39, 0.29) is 0 Å². The van der Waals surface area contributed by atoms with E-state index in [1.807, 2.05) is 12.1 Å². The van der Waals surface area contributed by atoms with Gasteiger partial charge in [-0.25, -0.2) is 4.79 Å². The fourth-order valence-electron chi connectivity index (χ4n) is 3.63. The molecule has 0 aliphatic rings. The molecular weight excluding hydrogens is 426 g/mol. The lowest BCUT2D eigenvalue weighted by molar-refractivity contribution is 0.0697. The highest BCUT2D eigenvalue weighted by Gasteiger charge is 2.04. The summed E-state index contributed by atoms with van der Waals surface area (Å²) < 4.78 is 0. The lowest BCUT2D eigenvalue weighted by Crippen LogP contribution is -2.02. The second kappa shape index (κ2) is 17.8. The van der Waals surface area contributed by atoms with Gasteiger partial charge in [0.2, 0.25) is 0 Å². The van der Waals surface area contributed by atoms with Gasteiger partial charge >= 0.3 is 5.97 Å². The van der Waals surface area contributed by atoms with Crippen LogP contribution in [0.3, 0.4) is 0 Å². The number of aromatic carboxylic acids is 1. The summed E-state index contributed by atoms with van der Waals surface area (Å²) in [5, 5.41) is 12.3. The fraction of sp³-hybridized carbons (Fsp3) is 0.720. The normalized spacial score (nSPS) is 12.1. The Balaban J connectivity index is 1.83. The van der Waals surface area contributed by atoms with Crippen molar-refractivity contribution in [1.82, 2.24) is 0 Å². The van der Waals surface area contributed by atoms with Gasteiger partial charge in [0.15, 0.2) is 0 Å². The van der Waals surface area contributed by atoms with Crippen LogP contribution in [0.25, 0.3) is 0 Å². The SMILES string of the molecule is CCCCCCC(Br)CCCCCCCCCCCNc1ccc(C(=O)O)cc1. The summed E-state index contributed by atoms with van der Waals surface area (Å²) >= 11 is 3.85. The van der Waals surface area contributed by atoms with E-state index in [2.05, 4.69) is 28.2 Å². The second-order valence-electron chi connectivity index (χ2n) is 8.23. The third kappa shape index (κ3) is 14.6. The lowest BCUT2D eigenvalue weighted by atomic mass is 10.0. The van der Waals surface area contributed by atoms with E-state index in [9.17, 15) is 4.79 Å². The first-order chi connectivity index (χ1) is 14.1. The van der Waals surface area contributed by atoms with Gasteiger partial charge in [-0.2, -0.15) is 0 Å². The van der Waals surface area contributed by atoms with Crippen molar-refractivity contribution in [3.63, 3.8) is 0 Å². The number of carboxylic acid groups (broad SMARTS) is 1. The van der Waals surface area contributed by atoms with E-state index < -0.39 is 5.97 Å². The molecule has 29 heavy (non-hydrogen) atoms. The van der Waals surface area contributed by atoms with E-state index in [1.54, 1.807) is 12.1 Å². The van der Waals surface area contributed by atoms with Crippen LogP contribution in [0.2, 0.25) is 0 Å². The number of anilines is 1. The first-order valence-corrected chi connectivity index (χ1v) is 12.8. The van der Waals surface area contributed by atoms with E-state index in [0.29, 0.717) is 5.56 Å².